The minimum Gasteiger partial charge on any atom is -0.207 e. The first-order valence-electron chi connectivity index (χ1n) is 4.09. The molecule has 11 heavy (non-hydrogen) atoms. The number of allylic oxidation sites excluding steroid dienone is 6. The van der Waals surface area contributed by atoms with Gasteiger partial charge in [0.2, 0.25) is 0 Å². The molecule has 0 radical (unpaired) electrons. The molecule has 0 aromatic heterocycles. The van der Waals surface area contributed by atoms with Crippen molar-refractivity contribution in [2.24, 2.45) is 5.92 Å². The summed E-state index contributed by atoms with van der Waals surface area (Å²) >= 11 is 0. The monoisotopic (exact) mass is 150 g/mol. The van der Waals surface area contributed by atoms with Crippen LogP contribution in [0.25, 0.3) is 0 Å². The molecule has 0 aromatic carbocycles. The largest absolute Gasteiger partial charge is 0.207 e. The fourth-order valence-electron chi connectivity index (χ4n) is 1.23. The van der Waals surface area contributed by atoms with Crippen LogP contribution in [0.1, 0.15) is 19.3 Å². The van der Waals surface area contributed by atoms with Gasteiger partial charge in [0.25, 0.3) is 0 Å². The summed E-state index contributed by atoms with van der Waals surface area (Å²) < 4.78 is 12.5. The molecule has 2 rings (SSSR count). The Bertz CT molecular complexity index is 242. The van der Waals surface area contributed by atoms with Crippen molar-refractivity contribution in [1.29, 1.82) is 0 Å². The van der Waals surface area contributed by atoms with Crippen molar-refractivity contribution in [3.63, 3.8) is 0 Å². The van der Waals surface area contributed by atoms with Crippen LogP contribution in [0.3, 0.4) is 0 Å². The lowest BCUT2D eigenvalue weighted by Gasteiger charge is -2.02. The number of hydrogen-bond acceptors (Lipinski definition) is 0. The molecule has 0 saturated heterocycles. The van der Waals surface area contributed by atoms with E-state index in [4.69, 9.17) is 0 Å². The van der Waals surface area contributed by atoms with E-state index in [1.165, 1.54) is 24.5 Å². The van der Waals surface area contributed by atoms with Gasteiger partial charge in [0.15, 0.2) is 0 Å². The van der Waals surface area contributed by atoms with Crippen LogP contribution in [0, 0.1) is 5.92 Å². The highest BCUT2D eigenvalue weighted by molar-refractivity contribution is 5.33. The predicted octanol–water partition coefficient (Wildman–Crippen LogP) is 3.14. The first-order valence-corrected chi connectivity index (χ1v) is 4.09. The average molecular weight is 150 g/mol. The van der Waals surface area contributed by atoms with Crippen molar-refractivity contribution < 1.29 is 4.39 Å². The second-order valence-corrected chi connectivity index (χ2v) is 3.21. The molecular weight excluding hydrogens is 139 g/mol. The molecule has 0 atom stereocenters. The Morgan fingerprint density at radius 1 is 1.36 bits per heavy atom. The lowest BCUT2D eigenvalue weighted by atomic mass is 10.1. The number of halogens is 1. The van der Waals surface area contributed by atoms with Crippen LogP contribution < -0.4 is 0 Å². The molecule has 0 nitrogen and oxygen atoms in total. The van der Waals surface area contributed by atoms with E-state index < -0.39 is 0 Å². The highest BCUT2D eigenvalue weighted by Gasteiger charge is 2.18. The van der Waals surface area contributed by atoms with Gasteiger partial charge < -0.3 is 0 Å². The van der Waals surface area contributed by atoms with E-state index in [0.29, 0.717) is 0 Å². The summed E-state index contributed by atoms with van der Waals surface area (Å²) in [7, 11) is 0. The summed E-state index contributed by atoms with van der Waals surface area (Å²) in [6, 6.07) is 0. The van der Waals surface area contributed by atoms with Gasteiger partial charge in [-0.3, -0.25) is 0 Å². The number of hydrogen-bond donors (Lipinski definition) is 0. The Kier molecular flexibility index (Phi) is 1.65. The van der Waals surface area contributed by atoms with Crippen molar-refractivity contribution in [1.82, 2.24) is 0 Å². The molecule has 0 spiro atoms. The van der Waals surface area contributed by atoms with Crippen molar-refractivity contribution in [3.05, 3.63) is 35.7 Å². The van der Waals surface area contributed by atoms with Crippen molar-refractivity contribution >= 4 is 0 Å². The van der Waals surface area contributed by atoms with E-state index in [-0.39, 0.29) is 5.83 Å². The van der Waals surface area contributed by atoms with Crippen molar-refractivity contribution in [2.45, 2.75) is 19.3 Å². The summed E-state index contributed by atoms with van der Waals surface area (Å²) in [6.07, 6.45) is 10.7. The molecule has 58 valence electrons. The van der Waals surface area contributed by atoms with E-state index in [2.05, 4.69) is 6.08 Å². The van der Waals surface area contributed by atoms with Gasteiger partial charge in [-0.1, -0.05) is 12.2 Å². The first kappa shape index (κ1) is 6.84. The summed E-state index contributed by atoms with van der Waals surface area (Å²) in [6.45, 7) is 0. The van der Waals surface area contributed by atoms with Gasteiger partial charge in [-0.15, -0.1) is 0 Å². The molecule has 1 fully saturated rings. The maximum Gasteiger partial charge on any atom is 0.119 e. The molecule has 1 heteroatoms. The van der Waals surface area contributed by atoms with Crippen LogP contribution in [0.15, 0.2) is 35.7 Å². The summed E-state index contributed by atoms with van der Waals surface area (Å²) in [5.41, 5.74) is 1.27. The topological polar surface area (TPSA) is 0 Å². The van der Waals surface area contributed by atoms with Crippen molar-refractivity contribution in [3.8, 4) is 0 Å². The van der Waals surface area contributed by atoms with Crippen molar-refractivity contribution in [2.75, 3.05) is 0 Å². The summed E-state index contributed by atoms with van der Waals surface area (Å²) in [4.78, 5) is 0. The smallest absolute Gasteiger partial charge is 0.119 e. The van der Waals surface area contributed by atoms with E-state index in [9.17, 15) is 4.39 Å². The van der Waals surface area contributed by atoms with Crippen LogP contribution in [-0.2, 0) is 0 Å². The van der Waals surface area contributed by atoms with Crippen LogP contribution in [0.2, 0.25) is 0 Å². The maximum atomic E-state index is 12.5. The Labute approximate surface area is 66.1 Å². The van der Waals surface area contributed by atoms with E-state index in [1.807, 2.05) is 6.08 Å². The molecule has 1 saturated carbocycles. The predicted molar refractivity (Wildman–Crippen MR) is 43.8 cm³/mol. The SMILES string of the molecule is FC1=CCC(=CC2CC2)C=C1. The van der Waals surface area contributed by atoms with Crippen LogP contribution in [-0.4, -0.2) is 0 Å². The maximum absolute atomic E-state index is 12.5. The molecule has 0 heterocycles. The van der Waals surface area contributed by atoms with Crippen LogP contribution in [0.5, 0.6) is 0 Å². The third kappa shape index (κ3) is 1.79. The standard InChI is InChI=1S/C10H11F/c11-10-5-3-9(4-6-10)7-8-1-2-8/h3,5-8H,1-2,4H2. The van der Waals surface area contributed by atoms with Gasteiger partial charge in [0, 0.05) is 0 Å². The molecule has 0 unspecified atom stereocenters. The first-order chi connectivity index (χ1) is 5.34. The zero-order valence-corrected chi connectivity index (χ0v) is 6.39. The zero-order chi connectivity index (χ0) is 7.68. The Morgan fingerprint density at radius 3 is 2.73 bits per heavy atom. The van der Waals surface area contributed by atoms with Gasteiger partial charge in [-0.2, -0.15) is 0 Å². The summed E-state index contributed by atoms with van der Waals surface area (Å²) in [5.74, 6) is 0.696. The number of rotatable bonds is 1. The zero-order valence-electron chi connectivity index (χ0n) is 6.39. The molecule has 0 amide bonds. The van der Waals surface area contributed by atoms with Crippen LogP contribution in [0.4, 0.5) is 4.39 Å². The van der Waals surface area contributed by atoms with E-state index in [0.717, 1.165) is 12.3 Å². The molecule has 2 aliphatic rings. The molecule has 2 aliphatic carbocycles. The quantitative estimate of drug-likeness (QED) is 0.538. The second-order valence-electron chi connectivity index (χ2n) is 3.21. The fourth-order valence-corrected chi connectivity index (χ4v) is 1.23. The second kappa shape index (κ2) is 2.65. The van der Waals surface area contributed by atoms with Gasteiger partial charge in [0.05, 0.1) is 0 Å². The Morgan fingerprint density at radius 2 is 2.18 bits per heavy atom. The van der Waals surface area contributed by atoms with Gasteiger partial charge in [-0.25, -0.2) is 4.39 Å². The normalized spacial score (nSPS) is 27.4. The van der Waals surface area contributed by atoms with Gasteiger partial charge >= 0.3 is 0 Å². The molecule has 0 bridgehead atoms. The average Bonchev–Trinajstić information content (AvgIpc) is 2.78. The van der Waals surface area contributed by atoms with E-state index in [1.54, 1.807) is 6.08 Å². The molecule has 0 N–H and O–H groups in total. The fraction of sp³-hybridized carbons (Fsp3) is 0.400. The lowest BCUT2D eigenvalue weighted by molar-refractivity contribution is 0.659. The lowest BCUT2D eigenvalue weighted by Crippen LogP contribution is -1.84. The molecular formula is C10H11F. The highest BCUT2D eigenvalue weighted by atomic mass is 19.1. The molecule has 0 aliphatic heterocycles. The Balaban J connectivity index is 2.03. The van der Waals surface area contributed by atoms with Crippen LogP contribution >= 0.6 is 0 Å². The Hall–Kier alpha value is -0.850. The minimum atomic E-state index is -0.0991. The third-order valence-corrected chi connectivity index (χ3v) is 2.06. The molecule has 0 aromatic rings. The van der Waals surface area contributed by atoms with E-state index >= 15 is 0 Å². The third-order valence-electron chi connectivity index (χ3n) is 2.06. The van der Waals surface area contributed by atoms with Gasteiger partial charge in [0.1, 0.15) is 5.83 Å². The summed E-state index contributed by atoms with van der Waals surface area (Å²) in [5, 5.41) is 0. The van der Waals surface area contributed by atoms with Gasteiger partial charge in [-0.05, 0) is 42.9 Å². The minimum absolute atomic E-state index is 0.0991. The highest BCUT2D eigenvalue weighted by Crippen LogP contribution is 2.32.